The summed E-state index contributed by atoms with van der Waals surface area (Å²) in [5.74, 6) is 0.415. The largest absolute Gasteiger partial charge is 0.492 e. The number of hydrogen-bond donors (Lipinski definition) is 0. The van der Waals surface area contributed by atoms with E-state index in [0.717, 1.165) is 42.0 Å². The molecule has 1 aliphatic rings. The molecule has 32 heavy (non-hydrogen) atoms. The number of nitrogens with zero attached hydrogens (tertiary/aromatic N) is 2. The summed E-state index contributed by atoms with van der Waals surface area (Å²) in [6.07, 6.45) is 2.36. The van der Waals surface area contributed by atoms with Crippen molar-refractivity contribution < 1.29 is 9.13 Å². The summed E-state index contributed by atoms with van der Waals surface area (Å²) in [6.45, 7) is 2.30. The summed E-state index contributed by atoms with van der Waals surface area (Å²) in [6, 6.07) is 30.7. The van der Waals surface area contributed by atoms with Gasteiger partial charge in [0.2, 0.25) is 5.95 Å². The van der Waals surface area contributed by atoms with Crippen LogP contribution in [0.5, 0.6) is 5.75 Å². The fourth-order valence-corrected chi connectivity index (χ4v) is 4.42. The Labute approximate surface area is 188 Å². The van der Waals surface area contributed by atoms with Gasteiger partial charge in [0.25, 0.3) is 0 Å². The van der Waals surface area contributed by atoms with Gasteiger partial charge in [-0.25, -0.2) is 4.98 Å². The van der Waals surface area contributed by atoms with Crippen LogP contribution in [0.25, 0.3) is 11.1 Å². The van der Waals surface area contributed by atoms with Gasteiger partial charge in [-0.2, -0.15) is 4.39 Å². The SMILES string of the molecule is Fc1cc(-c2cccc3c2CC(N(Cc2ccccc2)Cc2ccccc2)CO3)ccn1. The second-order valence-electron chi connectivity index (χ2n) is 8.19. The molecule has 2 heterocycles. The summed E-state index contributed by atoms with van der Waals surface area (Å²) in [7, 11) is 0. The molecule has 5 rings (SSSR count). The Bertz CT molecular complexity index is 1140. The minimum absolute atomic E-state index is 0.204. The second kappa shape index (κ2) is 9.33. The van der Waals surface area contributed by atoms with Gasteiger partial charge in [-0.1, -0.05) is 72.8 Å². The first kappa shape index (κ1) is 20.4. The summed E-state index contributed by atoms with van der Waals surface area (Å²) in [5.41, 5.74) is 5.52. The second-order valence-corrected chi connectivity index (χ2v) is 8.19. The number of rotatable bonds is 6. The zero-order chi connectivity index (χ0) is 21.8. The van der Waals surface area contributed by atoms with E-state index in [4.69, 9.17) is 4.74 Å². The summed E-state index contributed by atoms with van der Waals surface area (Å²) < 4.78 is 20.1. The monoisotopic (exact) mass is 424 g/mol. The van der Waals surface area contributed by atoms with E-state index in [1.165, 1.54) is 23.4 Å². The number of ether oxygens (including phenoxy) is 1. The van der Waals surface area contributed by atoms with Crippen molar-refractivity contribution in [2.24, 2.45) is 0 Å². The number of hydrogen-bond acceptors (Lipinski definition) is 3. The Morgan fingerprint density at radius 3 is 2.19 bits per heavy atom. The van der Waals surface area contributed by atoms with Crippen LogP contribution in [0, 0.1) is 5.95 Å². The van der Waals surface area contributed by atoms with Crippen LogP contribution in [-0.4, -0.2) is 22.5 Å². The fourth-order valence-electron chi connectivity index (χ4n) is 4.42. The number of pyridine rings is 1. The molecule has 1 atom stereocenters. The van der Waals surface area contributed by atoms with Crippen molar-refractivity contribution in [2.75, 3.05) is 6.61 Å². The summed E-state index contributed by atoms with van der Waals surface area (Å²) in [5, 5.41) is 0. The molecule has 3 nitrogen and oxygen atoms in total. The Balaban J connectivity index is 1.47. The fraction of sp³-hybridized carbons (Fsp3) is 0.179. The van der Waals surface area contributed by atoms with Crippen molar-refractivity contribution in [3.8, 4) is 16.9 Å². The highest BCUT2D eigenvalue weighted by atomic mass is 19.1. The van der Waals surface area contributed by atoms with Crippen LogP contribution in [0.3, 0.4) is 0 Å². The summed E-state index contributed by atoms with van der Waals surface area (Å²) >= 11 is 0. The number of halogens is 1. The molecule has 0 aliphatic carbocycles. The van der Waals surface area contributed by atoms with E-state index in [2.05, 4.69) is 58.4 Å². The molecular weight excluding hydrogens is 399 g/mol. The lowest BCUT2D eigenvalue weighted by Crippen LogP contribution is -2.42. The molecule has 1 aromatic heterocycles. The lowest BCUT2D eigenvalue weighted by Gasteiger charge is -2.36. The van der Waals surface area contributed by atoms with Gasteiger partial charge in [0, 0.05) is 37.0 Å². The van der Waals surface area contributed by atoms with Crippen molar-refractivity contribution in [3.63, 3.8) is 0 Å². The zero-order valence-electron chi connectivity index (χ0n) is 17.8. The standard InChI is InChI=1S/C28H25FN2O/c29-28-16-23(14-15-30-28)25-12-7-13-27-26(25)17-24(20-32-27)31(18-21-8-3-1-4-9-21)19-22-10-5-2-6-11-22/h1-16,24H,17-20H2. The predicted octanol–water partition coefficient (Wildman–Crippen LogP) is 5.89. The van der Waals surface area contributed by atoms with Crippen LogP contribution >= 0.6 is 0 Å². The molecule has 0 saturated heterocycles. The Morgan fingerprint density at radius 1 is 0.844 bits per heavy atom. The van der Waals surface area contributed by atoms with Gasteiger partial charge in [0.05, 0.1) is 0 Å². The van der Waals surface area contributed by atoms with Gasteiger partial charge in [-0.05, 0) is 40.8 Å². The molecule has 160 valence electrons. The predicted molar refractivity (Wildman–Crippen MR) is 125 cm³/mol. The topological polar surface area (TPSA) is 25.4 Å². The maximum absolute atomic E-state index is 13.8. The maximum atomic E-state index is 13.8. The number of aromatic nitrogens is 1. The minimum atomic E-state index is -0.469. The van der Waals surface area contributed by atoms with Crippen LogP contribution in [0.1, 0.15) is 16.7 Å². The molecule has 0 amide bonds. The molecular formula is C28H25FN2O. The highest BCUT2D eigenvalue weighted by Gasteiger charge is 2.28. The molecule has 1 unspecified atom stereocenters. The Hall–Kier alpha value is -3.50. The van der Waals surface area contributed by atoms with E-state index in [1.54, 1.807) is 0 Å². The first-order chi connectivity index (χ1) is 15.8. The van der Waals surface area contributed by atoms with E-state index in [9.17, 15) is 4.39 Å². The van der Waals surface area contributed by atoms with Gasteiger partial charge in [0.15, 0.2) is 0 Å². The van der Waals surface area contributed by atoms with Crippen LogP contribution < -0.4 is 4.74 Å². The molecule has 3 aromatic carbocycles. The van der Waals surface area contributed by atoms with E-state index in [0.29, 0.717) is 6.61 Å². The van der Waals surface area contributed by atoms with Crippen molar-refractivity contribution in [3.05, 3.63) is 120 Å². The van der Waals surface area contributed by atoms with E-state index in [1.807, 2.05) is 36.4 Å². The Kier molecular flexibility index (Phi) is 5.95. The van der Waals surface area contributed by atoms with E-state index in [-0.39, 0.29) is 6.04 Å². The molecule has 4 aromatic rings. The first-order valence-corrected chi connectivity index (χ1v) is 10.9. The van der Waals surface area contributed by atoms with Crippen LogP contribution in [0.2, 0.25) is 0 Å². The highest BCUT2D eigenvalue weighted by Crippen LogP contribution is 2.36. The smallest absolute Gasteiger partial charge is 0.213 e. The van der Waals surface area contributed by atoms with Gasteiger partial charge in [-0.3, -0.25) is 4.90 Å². The van der Waals surface area contributed by atoms with Gasteiger partial charge in [0.1, 0.15) is 12.4 Å². The first-order valence-electron chi connectivity index (χ1n) is 10.9. The molecule has 0 radical (unpaired) electrons. The Morgan fingerprint density at radius 2 is 1.53 bits per heavy atom. The summed E-state index contributed by atoms with van der Waals surface area (Å²) in [4.78, 5) is 6.19. The molecule has 1 aliphatic heterocycles. The third-order valence-corrected chi connectivity index (χ3v) is 6.01. The van der Waals surface area contributed by atoms with Crippen LogP contribution in [-0.2, 0) is 19.5 Å². The number of benzene rings is 3. The highest BCUT2D eigenvalue weighted by molar-refractivity contribution is 5.70. The minimum Gasteiger partial charge on any atom is -0.492 e. The normalized spacial score (nSPS) is 15.2. The van der Waals surface area contributed by atoms with Crippen molar-refractivity contribution in [1.29, 1.82) is 0 Å². The molecule has 0 saturated carbocycles. The van der Waals surface area contributed by atoms with Crippen molar-refractivity contribution in [1.82, 2.24) is 9.88 Å². The van der Waals surface area contributed by atoms with Gasteiger partial charge in [-0.15, -0.1) is 0 Å². The van der Waals surface area contributed by atoms with E-state index >= 15 is 0 Å². The molecule has 0 bridgehead atoms. The van der Waals surface area contributed by atoms with Crippen LogP contribution in [0.4, 0.5) is 4.39 Å². The lowest BCUT2D eigenvalue weighted by molar-refractivity contribution is 0.106. The molecule has 0 spiro atoms. The average molecular weight is 425 g/mol. The van der Waals surface area contributed by atoms with Crippen LogP contribution in [0.15, 0.2) is 97.2 Å². The van der Waals surface area contributed by atoms with Crippen molar-refractivity contribution in [2.45, 2.75) is 25.6 Å². The zero-order valence-corrected chi connectivity index (χ0v) is 17.8. The lowest BCUT2D eigenvalue weighted by atomic mass is 9.92. The van der Waals surface area contributed by atoms with Crippen molar-refractivity contribution >= 4 is 0 Å². The molecule has 0 fully saturated rings. The van der Waals surface area contributed by atoms with Gasteiger partial charge >= 0.3 is 0 Å². The quantitative estimate of drug-likeness (QED) is 0.361. The third kappa shape index (κ3) is 4.56. The molecule has 4 heteroatoms. The number of fused-ring (bicyclic) bond motifs is 1. The average Bonchev–Trinajstić information content (AvgIpc) is 2.84. The van der Waals surface area contributed by atoms with Gasteiger partial charge < -0.3 is 4.74 Å². The molecule has 0 N–H and O–H groups in total. The van der Waals surface area contributed by atoms with E-state index < -0.39 is 5.95 Å². The third-order valence-electron chi connectivity index (χ3n) is 6.01. The maximum Gasteiger partial charge on any atom is 0.213 e.